The number of carbonyl (C=O) groups is 2. The Bertz CT molecular complexity index is 1160. The molecule has 3 rings (SSSR count). The molecule has 0 aliphatic rings. The number of rotatable bonds is 7. The van der Waals surface area contributed by atoms with Crippen LogP contribution in [0.2, 0.25) is 0 Å². The minimum atomic E-state index is -0.972. The number of carbonyl (C=O) groups excluding carboxylic acids is 1. The summed E-state index contributed by atoms with van der Waals surface area (Å²) in [5.41, 5.74) is 3.32. The lowest BCUT2D eigenvalue weighted by molar-refractivity contribution is -0.112. The number of nitriles is 1. The molecule has 0 fully saturated rings. The van der Waals surface area contributed by atoms with Gasteiger partial charge in [0.05, 0.1) is 5.56 Å². The summed E-state index contributed by atoms with van der Waals surface area (Å²) in [6, 6.07) is 22.7. The van der Waals surface area contributed by atoms with Gasteiger partial charge in [-0.1, -0.05) is 42.5 Å². The molecule has 0 saturated heterocycles. The topological polar surface area (TPSA) is 99.4 Å². The van der Waals surface area contributed by atoms with E-state index in [1.807, 2.05) is 31.2 Å². The molecule has 3 aromatic carbocycles. The zero-order valence-electron chi connectivity index (χ0n) is 16.8. The number of benzene rings is 3. The molecule has 154 valence electrons. The molecule has 0 bridgehead atoms. The fourth-order valence-electron chi connectivity index (χ4n) is 2.79. The molecular weight excluding hydrogens is 392 g/mol. The van der Waals surface area contributed by atoms with Crippen LogP contribution in [-0.2, 0) is 11.4 Å². The zero-order valence-corrected chi connectivity index (χ0v) is 16.8. The van der Waals surface area contributed by atoms with Crippen molar-refractivity contribution in [1.29, 1.82) is 5.26 Å². The summed E-state index contributed by atoms with van der Waals surface area (Å²) < 4.78 is 5.71. The van der Waals surface area contributed by atoms with Crippen molar-refractivity contribution in [2.75, 3.05) is 5.32 Å². The van der Waals surface area contributed by atoms with E-state index < -0.39 is 11.9 Å². The Labute approximate surface area is 180 Å². The van der Waals surface area contributed by atoms with Crippen molar-refractivity contribution in [3.63, 3.8) is 0 Å². The lowest BCUT2D eigenvalue weighted by Crippen LogP contribution is -2.14. The number of nitrogens with one attached hydrogen (secondary N) is 1. The number of amides is 1. The summed E-state index contributed by atoms with van der Waals surface area (Å²) in [6.45, 7) is 2.17. The van der Waals surface area contributed by atoms with Gasteiger partial charge in [-0.3, -0.25) is 4.79 Å². The summed E-state index contributed by atoms with van der Waals surface area (Å²) in [7, 11) is 0. The molecule has 1 amide bonds. The van der Waals surface area contributed by atoms with E-state index in [9.17, 15) is 14.9 Å². The van der Waals surface area contributed by atoms with E-state index in [1.165, 1.54) is 18.2 Å². The van der Waals surface area contributed by atoms with Gasteiger partial charge in [0, 0.05) is 5.69 Å². The van der Waals surface area contributed by atoms with Gasteiger partial charge in [-0.2, -0.15) is 5.26 Å². The van der Waals surface area contributed by atoms with Crippen LogP contribution < -0.4 is 10.1 Å². The number of hydrogen-bond acceptors (Lipinski definition) is 4. The third-order valence-corrected chi connectivity index (χ3v) is 4.56. The van der Waals surface area contributed by atoms with E-state index in [4.69, 9.17) is 9.84 Å². The van der Waals surface area contributed by atoms with Gasteiger partial charge >= 0.3 is 5.97 Å². The Morgan fingerprint density at radius 3 is 2.32 bits per heavy atom. The fourth-order valence-corrected chi connectivity index (χ4v) is 2.79. The Balaban J connectivity index is 1.63. The molecule has 0 aliphatic carbocycles. The Morgan fingerprint density at radius 2 is 1.71 bits per heavy atom. The first kappa shape index (κ1) is 21.3. The van der Waals surface area contributed by atoms with Crippen LogP contribution in [0, 0.1) is 18.3 Å². The van der Waals surface area contributed by atoms with Crippen LogP contribution in [0.4, 0.5) is 5.69 Å². The van der Waals surface area contributed by atoms with Crippen LogP contribution >= 0.6 is 0 Å². The summed E-state index contributed by atoms with van der Waals surface area (Å²) in [6.07, 6.45) is 1.52. The van der Waals surface area contributed by atoms with E-state index >= 15 is 0 Å². The smallest absolute Gasteiger partial charge is 0.335 e. The van der Waals surface area contributed by atoms with Crippen molar-refractivity contribution in [3.05, 3.63) is 101 Å². The van der Waals surface area contributed by atoms with Gasteiger partial charge in [0.15, 0.2) is 0 Å². The normalized spacial score (nSPS) is 10.8. The Kier molecular flexibility index (Phi) is 6.82. The lowest BCUT2D eigenvalue weighted by Gasteiger charge is -2.08. The minimum absolute atomic E-state index is 0.00422. The minimum Gasteiger partial charge on any atom is -0.489 e. The second kappa shape index (κ2) is 9.90. The average Bonchev–Trinajstić information content (AvgIpc) is 2.78. The number of aryl methyl sites for hydroxylation is 1. The molecule has 0 aromatic heterocycles. The van der Waals surface area contributed by atoms with Crippen LogP contribution in [0.25, 0.3) is 6.08 Å². The SMILES string of the molecule is Cc1ccccc1NC(=O)/C(C#N)=C/c1ccc(OCc2ccc(C(=O)O)cc2)cc1. The van der Waals surface area contributed by atoms with Gasteiger partial charge in [0.25, 0.3) is 5.91 Å². The van der Waals surface area contributed by atoms with E-state index in [0.29, 0.717) is 17.0 Å². The molecule has 0 spiro atoms. The molecular formula is C25H20N2O4. The van der Waals surface area contributed by atoms with Crippen molar-refractivity contribution in [1.82, 2.24) is 0 Å². The highest BCUT2D eigenvalue weighted by Gasteiger charge is 2.10. The number of hydrogen-bond donors (Lipinski definition) is 2. The summed E-state index contributed by atoms with van der Waals surface area (Å²) in [5, 5.41) is 21.1. The lowest BCUT2D eigenvalue weighted by atomic mass is 10.1. The van der Waals surface area contributed by atoms with Gasteiger partial charge in [0.2, 0.25) is 0 Å². The molecule has 0 saturated carbocycles. The van der Waals surface area contributed by atoms with Crippen LogP contribution in [0.15, 0.2) is 78.4 Å². The van der Waals surface area contributed by atoms with Crippen molar-refractivity contribution in [2.24, 2.45) is 0 Å². The largest absolute Gasteiger partial charge is 0.489 e. The Morgan fingerprint density at radius 1 is 1.03 bits per heavy atom. The maximum atomic E-state index is 12.4. The van der Waals surface area contributed by atoms with E-state index in [0.717, 1.165) is 11.1 Å². The number of carboxylic acid groups (broad SMARTS) is 1. The van der Waals surface area contributed by atoms with Crippen molar-refractivity contribution in [3.8, 4) is 11.8 Å². The first-order valence-corrected chi connectivity index (χ1v) is 9.50. The van der Waals surface area contributed by atoms with E-state index in [2.05, 4.69) is 5.32 Å². The highest BCUT2D eigenvalue weighted by Crippen LogP contribution is 2.18. The number of ether oxygens (including phenoxy) is 1. The van der Waals surface area contributed by atoms with Gasteiger partial charge in [0.1, 0.15) is 24.0 Å². The van der Waals surface area contributed by atoms with Crippen LogP contribution in [0.1, 0.15) is 27.0 Å². The number of anilines is 1. The first-order chi connectivity index (χ1) is 15.0. The highest BCUT2D eigenvalue weighted by molar-refractivity contribution is 6.09. The molecule has 2 N–H and O–H groups in total. The van der Waals surface area contributed by atoms with Crippen LogP contribution in [0.5, 0.6) is 5.75 Å². The number of para-hydroxylation sites is 1. The maximum Gasteiger partial charge on any atom is 0.335 e. The quantitative estimate of drug-likeness (QED) is 0.428. The molecule has 0 radical (unpaired) electrons. The van der Waals surface area contributed by atoms with E-state index in [1.54, 1.807) is 42.5 Å². The first-order valence-electron chi connectivity index (χ1n) is 9.50. The average molecular weight is 412 g/mol. The van der Waals surface area contributed by atoms with Gasteiger partial charge in [-0.05, 0) is 60.0 Å². The number of aromatic carboxylic acids is 1. The maximum absolute atomic E-state index is 12.4. The second-order valence-corrected chi connectivity index (χ2v) is 6.80. The van der Waals surface area contributed by atoms with Gasteiger partial charge in [-0.25, -0.2) is 4.79 Å². The molecule has 6 nitrogen and oxygen atoms in total. The predicted octanol–water partition coefficient (Wildman–Crippen LogP) is 4.82. The summed E-state index contributed by atoms with van der Waals surface area (Å²) >= 11 is 0. The predicted molar refractivity (Wildman–Crippen MR) is 118 cm³/mol. The molecule has 0 aliphatic heterocycles. The summed E-state index contributed by atoms with van der Waals surface area (Å²) in [4.78, 5) is 23.3. The van der Waals surface area contributed by atoms with Crippen LogP contribution in [0.3, 0.4) is 0 Å². The van der Waals surface area contributed by atoms with Crippen LogP contribution in [-0.4, -0.2) is 17.0 Å². The summed E-state index contributed by atoms with van der Waals surface area (Å²) in [5.74, 6) is -0.829. The van der Waals surface area contributed by atoms with Gasteiger partial charge in [-0.15, -0.1) is 0 Å². The molecule has 0 heterocycles. The highest BCUT2D eigenvalue weighted by atomic mass is 16.5. The fraction of sp³-hybridized carbons (Fsp3) is 0.0800. The number of nitrogens with zero attached hydrogens (tertiary/aromatic N) is 1. The van der Waals surface area contributed by atoms with Crippen molar-refractivity contribution >= 4 is 23.6 Å². The standard InChI is InChI=1S/C25H20N2O4/c1-17-4-2-3-5-23(17)27-24(28)21(15-26)14-18-8-12-22(13-9-18)31-16-19-6-10-20(11-7-19)25(29)30/h2-14H,16H2,1H3,(H,27,28)(H,29,30)/b21-14+. The number of carboxylic acids is 1. The molecule has 31 heavy (non-hydrogen) atoms. The molecule has 6 heteroatoms. The third-order valence-electron chi connectivity index (χ3n) is 4.56. The second-order valence-electron chi connectivity index (χ2n) is 6.80. The molecule has 0 unspecified atom stereocenters. The van der Waals surface area contributed by atoms with Crippen molar-refractivity contribution < 1.29 is 19.4 Å². The zero-order chi connectivity index (χ0) is 22.2. The monoisotopic (exact) mass is 412 g/mol. The Hall–Kier alpha value is -4.37. The molecule has 0 atom stereocenters. The van der Waals surface area contributed by atoms with Gasteiger partial charge < -0.3 is 15.2 Å². The molecule has 3 aromatic rings. The third kappa shape index (κ3) is 5.81. The van der Waals surface area contributed by atoms with Crippen molar-refractivity contribution in [2.45, 2.75) is 13.5 Å². The van der Waals surface area contributed by atoms with E-state index in [-0.39, 0.29) is 17.7 Å².